The third kappa shape index (κ3) is 4.89. The number of benzene rings is 2. The fourth-order valence-corrected chi connectivity index (χ4v) is 3.04. The van der Waals surface area contributed by atoms with Gasteiger partial charge in [0.1, 0.15) is 5.75 Å². The van der Waals surface area contributed by atoms with Crippen molar-refractivity contribution in [2.24, 2.45) is 5.10 Å². The van der Waals surface area contributed by atoms with E-state index in [0.717, 1.165) is 29.8 Å². The fraction of sp³-hybridized carbons (Fsp3) is 0.286. The Hall–Kier alpha value is -2.86. The first-order valence-corrected chi connectivity index (χ1v) is 9.45. The number of ether oxygens (including phenoxy) is 1. The first-order valence-electron chi connectivity index (χ1n) is 9.07. The van der Waals surface area contributed by atoms with Gasteiger partial charge in [-0.15, -0.1) is 0 Å². The maximum atomic E-state index is 12.0. The van der Waals surface area contributed by atoms with Gasteiger partial charge in [0.15, 0.2) is 6.61 Å². The largest absolute Gasteiger partial charge is 0.484 e. The number of nitrogens with one attached hydrogen (secondary N) is 1. The first-order chi connectivity index (χ1) is 13.4. The van der Waals surface area contributed by atoms with Crippen LogP contribution in [0.1, 0.15) is 30.9 Å². The molecule has 6 nitrogen and oxygen atoms in total. The summed E-state index contributed by atoms with van der Waals surface area (Å²) in [5.41, 5.74) is 5.70. The lowest BCUT2D eigenvalue weighted by Crippen LogP contribution is -2.26. The normalized spacial score (nSPS) is 14.3. The number of amides is 2. The Morgan fingerprint density at radius 2 is 2.11 bits per heavy atom. The van der Waals surface area contributed by atoms with Crippen LogP contribution in [0.4, 0.5) is 5.69 Å². The maximum absolute atomic E-state index is 12.0. The summed E-state index contributed by atoms with van der Waals surface area (Å²) < 4.78 is 5.46. The Labute approximate surface area is 169 Å². The summed E-state index contributed by atoms with van der Waals surface area (Å²) in [5.74, 6) is 0.341. The lowest BCUT2D eigenvalue weighted by atomic mass is 10.1. The van der Waals surface area contributed by atoms with E-state index in [1.165, 1.54) is 0 Å². The minimum Gasteiger partial charge on any atom is -0.484 e. The molecule has 0 radical (unpaired) electrons. The quantitative estimate of drug-likeness (QED) is 0.594. The molecule has 0 aromatic heterocycles. The van der Waals surface area contributed by atoms with Gasteiger partial charge in [-0.3, -0.25) is 9.59 Å². The van der Waals surface area contributed by atoms with E-state index in [1.807, 2.05) is 31.2 Å². The number of carbonyl (C=O) groups excluding carboxylic acids is 2. The Morgan fingerprint density at radius 3 is 2.82 bits per heavy atom. The number of hydrazone groups is 1. The van der Waals surface area contributed by atoms with Crippen LogP contribution in [0.15, 0.2) is 47.6 Å². The topological polar surface area (TPSA) is 71.0 Å². The summed E-state index contributed by atoms with van der Waals surface area (Å²) in [6.45, 7) is 4.25. The SMILES string of the molecule is C/C(=N/NC(=O)COc1ccc(Cl)c(C)c1)c1cccc(N2CCCC2=O)c1. The number of rotatable bonds is 6. The smallest absolute Gasteiger partial charge is 0.277 e. The highest BCUT2D eigenvalue weighted by molar-refractivity contribution is 6.31. The van der Waals surface area contributed by atoms with Crippen LogP contribution in [0.5, 0.6) is 5.75 Å². The maximum Gasteiger partial charge on any atom is 0.277 e. The van der Waals surface area contributed by atoms with Crippen LogP contribution in [0.2, 0.25) is 5.02 Å². The van der Waals surface area contributed by atoms with Crippen LogP contribution in [0.3, 0.4) is 0 Å². The van der Waals surface area contributed by atoms with E-state index in [4.69, 9.17) is 16.3 Å². The highest BCUT2D eigenvalue weighted by Gasteiger charge is 2.21. The molecule has 1 saturated heterocycles. The van der Waals surface area contributed by atoms with Crippen LogP contribution < -0.4 is 15.1 Å². The van der Waals surface area contributed by atoms with E-state index in [2.05, 4.69) is 10.5 Å². The van der Waals surface area contributed by atoms with Gasteiger partial charge >= 0.3 is 0 Å². The first kappa shape index (κ1) is 19.9. The standard InChI is InChI=1S/C21H22ClN3O3/c1-14-11-18(8-9-19(14)22)28-13-20(26)24-23-15(2)16-5-3-6-17(12-16)25-10-4-7-21(25)27/h3,5-6,8-9,11-12H,4,7,10,13H2,1-2H3,(H,24,26)/b23-15-. The Balaban J connectivity index is 1.58. The molecule has 2 aromatic rings. The Kier molecular flexibility index (Phi) is 6.31. The van der Waals surface area contributed by atoms with Gasteiger partial charge in [-0.25, -0.2) is 5.43 Å². The number of carbonyl (C=O) groups is 2. The van der Waals surface area contributed by atoms with Crippen molar-refractivity contribution >= 4 is 34.8 Å². The summed E-state index contributed by atoms with van der Waals surface area (Å²) in [4.78, 5) is 25.7. The zero-order valence-corrected chi connectivity index (χ0v) is 16.6. The predicted molar refractivity (Wildman–Crippen MR) is 110 cm³/mol. The second-order valence-corrected chi connectivity index (χ2v) is 7.04. The summed E-state index contributed by atoms with van der Waals surface area (Å²) in [7, 11) is 0. The summed E-state index contributed by atoms with van der Waals surface area (Å²) in [6, 6.07) is 12.8. The fourth-order valence-electron chi connectivity index (χ4n) is 2.92. The van der Waals surface area contributed by atoms with Crippen molar-refractivity contribution in [3.63, 3.8) is 0 Å². The molecule has 0 spiro atoms. The summed E-state index contributed by atoms with van der Waals surface area (Å²) in [5, 5.41) is 4.79. The molecule has 3 rings (SSSR count). The van der Waals surface area contributed by atoms with Crippen molar-refractivity contribution in [2.45, 2.75) is 26.7 Å². The van der Waals surface area contributed by atoms with Crippen LogP contribution in [-0.2, 0) is 9.59 Å². The van der Waals surface area contributed by atoms with Crippen molar-refractivity contribution in [3.05, 3.63) is 58.6 Å². The van der Waals surface area contributed by atoms with Gasteiger partial charge in [-0.1, -0.05) is 23.7 Å². The van der Waals surface area contributed by atoms with Crippen LogP contribution in [-0.4, -0.2) is 30.7 Å². The average Bonchev–Trinajstić information content (AvgIpc) is 3.13. The second-order valence-electron chi connectivity index (χ2n) is 6.63. The van der Waals surface area contributed by atoms with E-state index >= 15 is 0 Å². The van der Waals surface area contributed by atoms with Gasteiger partial charge in [-0.05, 0) is 61.7 Å². The monoisotopic (exact) mass is 399 g/mol. The van der Waals surface area contributed by atoms with Crippen LogP contribution in [0.25, 0.3) is 0 Å². The van der Waals surface area contributed by atoms with Crippen molar-refractivity contribution in [3.8, 4) is 5.75 Å². The van der Waals surface area contributed by atoms with Crippen molar-refractivity contribution in [1.29, 1.82) is 0 Å². The van der Waals surface area contributed by atoms with Gasteiger partial charge in [0.2, 0.25) is 5.91 Å². The Bertz CT molecular complexity index is 927. The third-order valence-corrected chi connectivity index (χ3v) is 4.92. The summed E-state index contributed by atoms with van der Waals surface area (Å²) >= 11 is 5.97. The molecule has 1 aliphatic rings. The summed E-state index contributed by atoms with van der Waals surface area (Å²) in [6.07, 6.45) is 1.46. The Morgan fingerprint density at radius 1 is 1.29 bits per heavy atom. The molecular formula is C21H22ClN3O3. The number of hydrogen-bond donors (Lipinski definition) is 1. The van der Waals surface area contributed by atoms with E-state index < -0.39 is 0 Å². The highest BCUT2D eigenvalue weighted by atomic mass is 35.5. The number of nitrogens with zero attached hydrogens (tertiary/aromatic N) is 2. The molecule has 0 aliphatic carbocycles. The highest BCUT2D eigenvalue weighted by Crippen LogP contribution is 2.23. The van der Waals surface area contributed by atoms with Gasteiger partial charge in [0.25, 0.3) is 5.91 Å². The zero-order valence-electron chi connectivity index (χ0n) is 15.9. The molecule has 0 bridgehead atoms. The third-order valence-electron chi connectivity index (χ3n) is 4.50. The molecule has 1 N–H and O–H groups in total. The second kappa shape index (κ2) is 8.89. The minimum atomic E-state index is -0.363. The molecule has 1 heterocycles. The van der Waals surface area contributed by atoms with Gasteiger partial charge in [-0.2, -0.15) is 5.10 Å². The lowest BCUT2D eigenvalue weighted by molar-refractivity contribution is -0.123. The van der Waals surface area contributed by atoms with Crippen molar-refractivity contribution in [1.82, 2.24) is 5.43 Å². The average molecular weight is 400 g/mol. The van der Waals surface area contributed by atoms with E-state index in [1.54, 1.807) is 30.0 Å². The molecule has 0 saturated carbocycles. The number of anilines is 1. The molecular weight excluding hydrogens is 378 g/mol. The molecule has 28 heavy (non-hydrogen) atoms. The molecule has 1 aliphatic heterocycles. The molecule has 2 amide bonds. The van der Waals surface area contributed by atoms with Crippen molar-refractivity contribution in [2.75, 3.05) is 18.1 Å². The van der Waals surface area contributed by atoms with Gasteiger partial charge in [0, 0.05) is 23.7 Å². The molecule has 2 aromatic carbocycles. The van der Waals surface area contributed by atoms with Gasteiger partial charge in [0.05, 0.1) is 5.71 Å². The van der Waals surface area contributed by atoms with Crippen molar-refractivity contribution < 1.29 is 14.3 Å². The molecule has 7 heteroatoms. The van der Waals surface area contributed by atoms with E-state index in [-0.39, 0.29) is 18.4 Å². The molecule has 1 fully saturated rings. The minimum absolute atomic E-state index is 0.134. The number of hydrogen-bond acceptors (Lipinski definition) is 4. The number of halogens is 1. The zero-order chi connectivity index (χ0) is 20.1. The van der Waals surface area contributed by atoms with Crippen LogP contribution in [0, 0.1) is 6.92 Å². The number of aryl methyl sites for hydroxylation is 1. The lowest BCUT2D eigenvalue weighted by Gasteiger charge is -2.16. The van der Waals surface area contributed by atoms with E-state index in [9.17, 15) is 9.59 Å². The van der Waals surface area contributed by atoms with Gasteiger partial charge < -0.3 is 9.64 Å². The molecule has 0 unspecified atom stereocenters. The molecule has 0 atom stereocenters. The predicted octanol–water partition coefficient (Wildman–Crippen LogP) is 3.69. The molecule has 146 valence electrons. The van der Waals surface area contributed by atoms with Crippen LogP contribution >= 0.6 is 11.6 Å². The van der Waals surface area contributed by atoms with E-state index in [0.29, 0.717) is 22.9 Å².